The zero-order chi connectivity index (χ0) is 14.3. The number of carbonyl (C=O) groups is 2. The van der Waals surface area contributed by atoms with Gasteiger partial charge in [-0.3, -0.25) is 9.59 Å². The quantitative estimate of drug-likeness (QED) is 0.659. The number of carbonyl (C=O) groups excluding carboxylic acids is 2. The lowest BCUT2D eigenvalue weighted by molar-refractivity contribution is -0.165. The predicted octanol–water partition coefficient (Wildman–Crippen LogP) is 2.94. The highest BCUT2D eigenvalue weighted by Gasteiger charge is 2.36. The van der Waals surface area contributed by atoms with Crippen LogP contribution in [0.3, 0.4) is 0 Å². The first-order valence-corrected chi connectivity index (χ1v) is 6.59. The second-order valence-corrected chi connectivity index (χ2v) is 5.51. The van der Waals surface area contributed by atoms with E-state index in [1.807, 2.05) is 27.7 Å². The lowest BCUT2D eigenvalue weighted by atomic mass is 9.81. The molecule has 0 heterocycles. The van der Waals surface area contributed by atoms with Gasteiger partial charge in [0.05, 0.1) is 6.61 Å². The van der Waals surface area contributed by atoms with Gasteiger partial charge in [0.15, 0.2) is 0 Å². The minimum absolute atomic E-state index is 0.177. The fraction of sp³-hybridized carbons (Fsp3) is 0.857. The summed E-state index contributed by atoms with van der Waals surface area (Å²) < 4.78 is 10.6. The van der Waals surface area contributed by atoms with Crippen molar-refractivity contribution in [1.82, 2.24) is 0 Å². The Balaban J connectivity index is 4.65. The molecule has 0 spiro atoms. The van der Waals surface area contributed by atoms with Crippen molar-refractivity contribution >= 4 is 11.9 Å². The Labute approximate surface area is 110 Å². The molecule has 0 aromatic carbocycles. The molecule has 1 unspecified atom stereocenters. The molecule has 0 aliphatic rings. The zero-order valence-electron chi connectivity index (χ0n) is 12.4. The van der Waals surface area contributed by atoms with Crippen LogP contribution in [0.1, 0.15) is 54.4 Å². The molecule has 106 valence electrons. The van der Waals surface area contributed by atoms with Gasteiger partial charge in [-0.05, 0) is 5.92 Å². The Hall–Kier alpha value is -1.06. The Bertz CT molecular complexity index is 282. The second-order valence-electron chi connectivity index (χ2n) is 5.51. The van der Waals surface area contributed by atoms with Gasteiger partial charge in [0, 0.05) is 18.3 Å². The molecule has 0 radical (unpaired) electrons. The molecule has 0 aliphatic carbocycles. The summed E-state index contributed by atoms with van der Waals surface area (Å²) in [6.07, 6.45) is 0.459. The molecular formula is C14H26O4. The minimum atomic E-state index is -0.385. The Morgan fingerprint density at radius 3 is 1.94 bits per heavy atom. The van der Waals surface area contributed by atoms with Crippen LogP contribution in [0.25, 0.3) is 0 Å². The van der Waals surface area contributed by atoms with Crippen molar-refractivity contribution in [2.24, 2.45) is 11.3 Å². The van der Waals surface area contributed by atoms with Crippen LogP contribution in [0.15, 0.2) is 0 Å². The summed E-state index contributed by atoms with van der Waals surface area (Å²) in [6, 6.07) is 0. The van der Waals surface area contributed by atoms with Gasteiger partial charge in [0.1, 0.15) is 6.10 Å². The van der Waals surface area contributed by atoms with Crippen LogP contribution in [-0.4, -0.2) is 24.6 Å². The van der Waals surface area contributed by atoms with Crippen molar-refractivity contribution in [3.05, 3.63) is 0 Å². The molecule has 0 rings (SSSR count). The zero-order valence-corrected chi connectivity index (χ0v) is 12.4. The van der Waals surface area contributed by atoms with Gasteiger partial charge in [-0.15, -0.1) is 0 Å². The number of hydrogen-bond acceptors (Lipinski definition) is 4. The lowest BCUT2D eigenvalue weighted by Gasteiger charge is -2.35. The minimum Gasteiger partial charge on any atom is -0.465 e. The van der Waals surface area contributed by atoms with E-state index in [9.17, 15) is 9.59 Å². The summed E-state index contributed by atoms with van der Waals surface area (Å²) in [5.74, 6) is -0.271. The van der Waals surface area contributed by atoms with Crippen LogP contribution in [0, 0.1) is 11.3 Å². The summed E-state index contributed by atoms with van der Waals surface area (Å²) in [6.45, 7) is 11.7. The SMILES string of the molecule is CCC(=O)OCC(C)(C)C(OC(=O)CC)C(C)C. The van der Waals surface area contributed by atoms with E-state index in [1.165, 1.54) is 0 Å². The molecule has 1 atom stereocenters. The Kier molecular flexibility index (Phi) is 6.96. The lowest BCUT2D eigenvalue weighted by Crippen LogP contribution is -2.41. The summed E-state index contributed by atoms with van der Waals surface area (Å²) in [5.41, 5.74) is -0.385. The van der Waals surface area contributed by atoms with Crippen LogP contribution in [0.2, 0.25) is 0 Å². The van der Waals surface area contributed by atoms with Crippen molar-refractivity contribution < 1.29 is 19.1 Å². The molecule has 0 aromatic heterocycles. The summed E-state index contributed by atoms with van der Waals surface area (Å²) in [5, 5.41) is 0. The second kappa shape index (κ2) is 7.39. The van der Waals surface area contributed by atoms with E-state index in [0.717, 1.165) is 0 Å². The van der Waals surface area contributed by atoms with Crippen LogP contribution in [0.5, 0.6) is 0 Å². The molecule has 0 saturated carbocycles. The highest BCUT2D eigenvalue weighted by Crippen LogP contribution is 2.30. The molecule has 0 N–H and O–H groups in total. The number of ether oxygens (including phenoxy) is 2. The molecule has 0 fully saturated rings. The van der Waals surface area contributed by atoms with E-state index in [1.54, 1.807) is 13.8 Å². The van der Waals surface area contributed by atoms with Gasteiger partial charge in [0.2, 0.25) is 0 Å². The molecule has 4 nitrogen and oxygen atoms in total. The molecule has 4 heteroatoms. The van der Waals surface area contributed by atoms with Crippen molar-refractivity contribution in [3.63, 3.8) is 0 Å². The third-order valence-corrected chi connectivity index (χ3v) is 2.82. The summed E-state index contributed by atoms with van der Waals surface area (Å²) in [4.78, 5) is 22.6. The Morgan fingerprint density at radius 1 is 1.06 bits per heavy atom. The average Bonchev–Trinajstić information content (AvgIpc) is 2.31. The largest absolute Gasteiger partial charge is 0.465 e. The summed E-state index contributed by atoms with van der Waals surface area (Å²) >= 11 is 0. The highest BCUT2D eigenvalue weighted by atomic mass is 16.6. The van der Waals surface area contributed by atoms with Gasteiger partial charge >= 0.3 is 11.9 Å². The molecule has 0 saturated heterocycles. The smallest absolute Gasteiger partial charge is 0.305 e. The van der Waals surface area contributed by atoms with E-state index in [0.29, 0.717) is 12.8 Å². The molecule has 0 amide bonds. The van der Waals surface area contributed by atoms with Gasteiger partial charge in [-0.25, -0.2) is 0 Å². The van der Waals surface area contributed by atoms with Crippen LogP contribution in [0.4, 0.5) is 0 Å². The van der Waals surface area contributed by atoms with Crippen molar-refractivity contribution in [3.8, 4) is 0 Å². The molecular weight excluding hydrogens is 232 g/mol. The van der Waals surface area contributed by atoms with E-state index >= 15 is 0 Å². The monoisotopic (exact) mass is 258 g/mol. The van der Waals surface area contributed by atoms with Crippen molar-refractivity contribution in [2.75, 3.05) is 6.61 Å². The number of hydrogen-bond donors (Lipinski definition) is 0. The highest BCUT2D eigenvalue weighted by molar-refractivity contribution is 5.69. The van der Waals surface area contributed by atoms with E-state index in [2.05, 4.69) is 0 Å². The fourth-order valence-electron chi connectivity index (χ4n) is 1.87. The fourth-order valence-corrected chi connectivity index (χ4v) is 1.87. The van der Waals surface area contributed by atoms with Crippen LogP contribution in [-0.2, 0) is 19.1 Å². The molecule has 0 aromatic rings. The third-order valence-electron chi connectivity index (χ3n) is 2.82. The maximum atomic E-state index is 11.4. The van der Waals surface area contributed by atoms with Gasteiger partial charge in [0.25, 0.3) is 0 Å². The van der Waals surface area contributed by atoms with E-state index in [-0.39, 0.29) is 36.0 Å². The van der Waals surface area contributed by atoms with Crippen LogP contribution >= 0.6 is 0 Å². The standard InChI is InChI=1S/C14H26O4/c1-7-11(15)17-9-14(5,6)13(10(3)4)18-12(16)8-2/h10,13H,7-9H2,1-6H3. The van der Waals surface area contributed by atoms with E-state index < -0.39 is 0 Å². The van der Waals surface area contributed by atoms with Crippen molar-refractivity contribution in [2.45, 2.75) is 60.5 Å². The van der Waals surface area contributed by atoms with Gasteiger partial charge < -0.3 is 9.47 Å². The molecule has 18 heavy (non-hydrogen) atoms. The number of esters is 2. The maximum Gasteiger partial charge on any atom is 0.305 e. The molecule has 0 aliphatic heterocycles. The first kappa shape index (κ1) is 16.9. The first-order valence-electron chi connectivity index (χ1n) is 6.59. The Morgan fingerprint density at radius 2 is 1.56 bits per heavy atom. The first-order chi connectivity index (χ1) is 8.24. The van der Waals surface area contributed by atoms with Crippen LogP contribution < -0.4 is 0 Å². The van der Waals surface area contributed by atoms with Crippen molar-refractivity contribution in [1.29, 1.82) is 0 Å². The maximum absolute atomic E-state index is 11.4. The van der Waals surface area contributed by atoms with Gasteiger partial charge in [-0.1, -0.05) is 41.5 Å². The summed E-state index contributed by atoms with van der Waals surface area (Å²) in [7, 11) is 0. The number of rotatable bonds is 7. The van der Waals surface area contributed by atoms with Gasteiger partial charge in [-0.2, -0.15) is 0 Å². The van der Waals surface area contributed by atoms with E-state index in [4.69, 9.17) is 9.47 Å². The predicted molar refractivity (Wildman–Crippen MR) is 70.0 cm³/mol. The normalized spacial score (nSPS) is 13.3. The topological polar surface area (TPSA) is 52.6 Å². The average molecular weight is 258 g/mol. The molecule has 0 bridgehead atoms. The third kappa shape index (κ3) is 5.52.